The van der Waals surface area contributed by atoms with E-state index in [2.05, 4.69) is 66.1 Å². The van der Waals surface area contributed by atoms with E-state index in [4.69, 9.17) is 0 Å². The normalized spacial score (nSPS) is 17.9. The predicted molar refractivity (Wildman–Crippen MR) is 123 cm³/mol. The Labute approximate surface area is 188 Å². The van der Waals surface area contributed by atoms with Crippen LogP contribution >= 0.6 is 44.7 Å². The standard InChI is InChI=1S/C20H20BrN5S.BrH/c1-2-25-17(14-7-9-15(21)10-8-14)13-27-20(25)16(12-22)19-24-23-18-6-4-3-5-11-26(18)19;/h7-10,13H,2-6,11H2,1H3;1H/b20-16+;. The monoisotopic (exact) mass is 521 g/mol. The number of rotatable bonds is 3. The third-order valence-corrected chi connectivity index (χ3v) is 6.45. The van der Waals surface area contributed by atoms with Crippen molar-refractivity contribution in [1.82, 2.24) is 19.7 Å². The Bertz CT molecular complexity index is 956. The quantitative estimate of drug-likeness (QED) is 0.491. The van der Waals surface area contributed by atoms with Gasteiger partial charge in [0.05, 0.1) is 5.70 Å². The van der Waals surface area contributed by atoms with E-state index in [-0.39, 0.29) is 17.0 Å². The molecule has 0 saturated carbocycles. The Balaban J connectivity index is 0.00000225. The molecule has 0 atom stereocenters. The number of hydrogen-bond acceptors (Lipinski definition) is 5. The molecule has 4 rings (SSSR count). The van der Waals surface area contributed by atoms with Crippen LogP contribution in [0.1, 0.15) is 43.4 Å². The molecule has 5 nitrogen and oxygen atoms in total. The van der Waals surface area contributed by atoms with E-state index in [0.29, 0.717) is 11.4 Å². The van der Waals surface area contributed by atoms with Gasteiger partial charge in [0.1, 0.15) is 22.5 Å². The molecule has 2 aliphatic rings. The van der Waals surface area contributed by atoms with Gasteiger partial charge in [-0.05, 0) is 37.5 Å². The van der Waals surface area contributed by atoms with Crippen LogP contribution in [0.5, 0.6) is 0 Å². The number of nitrogens with zero attached hydrogens (tertiary/aromatic N) is 5. The Hall–Kier alpha value is -1.56. The van der Waals surface area contributed by atoms with Gasteiger partial charge in [-0.3, -0.25) is 0 Å². The highest BCUT2D eigenvalue weighted by molar-refractivity contribution is 9.10. The largest absolute Gasteiger partial charge is 0.334 e. The first-order valence-electron chi connectivity index (χ1n) is 9.20. The first-order valence-corrected chi connectivity index (χ1v) is 10.9. The number of nitriles is 1. The van der Waals surface area contributed by atoms with E-state index < -0.39 is 0 Å². The molecule has 0 bridgehead atoms. The van der Waals surface area contributed by atoms with Crippen molar-refractivity contribution in [3.05, 3.63) is 56.4 Å². The highest BCUT2D eigenvalue weighted by Crippen LogP contribution is 2.43. The van der Waals surface area contributed by atoms with Gasteiger partial charge in [0.25, 0.3) is 0 Å². The van der Waals surface area contributed by atoms with E-state index >= 15 is 0 Å². The fraction of sp³-hybridized carbons (Fsp3) is 0.350. The number of halogens is 2. The number of hydrogen-bond donors (Lipinski definition) is 0. The molecule has 0 fully saturated rings. The number of thioether (sulfide) groups is 1. The molecular weight excluding hydrogens is 502 g/mol. The summed E-state index contributed by atoms with van der Waals surface area (Å²) in [6.07, 6.45) is 4.39. The maximum Gasteiger partial charge on any atom is 0.177 e. The molecule has 1 aromatic carbocycles. The Morgan fingerprint density at radius 3 is 2.71 bits per heavy atom. The summed E-state index contributed by atoms with van der Waals surface area (Å²) < 4.78 is 3.20. The van der Waals surface area contributed by atoms with Crippen LogP contribution < -0.4 is 0 Å². The van der Waals surface area contributed by atoms with Crippen molar-refractivity contribution in [2.75, 3.05) is 6.54 Å². The van der Waals surface area contributed by atoms with Crippen molar-refractivity contribution in [2.45, 2.75) is 39.2 Å². The predicted octanol–water partition coefficient (Wildman–Crippen LogP) is 5.60. The minimum Gasteiger partial charge on any atom is -0.334 e. The summed E-state index contributed by atoms with van der Waals surface area (Å²) in [7, 11) is 0. The van der Waals surface area contributed by atoms with Gasteiger partial charge in [-0.15, -0.1) is 27.2 Å². The smallest absolute Gasteiger partial charge is 0.177 e. The van der Waals surface area contributed by atoms with E-state index in [9.17, 15) is 5.26 Å². The number of allylic oxidation sites excluding steroid dienone is 1. The maximum absolute atomic E-state index is 9.98. The molecular formula is C20H21Br2N5S. The molecule has 1 aromatic heterocycles. The van der Waals surface area contributed by atoms with Crippen LogP contribution in [0.2, 0.25) is 0 Å². The van der Waals surface area contributed by atoms with Gasteiger partial charge in [-0.25, -0.2) is 0 Å². The summed E-state index contributed by atoms with van der Waals surface area (Å²) in [4.78, 5) is 2.20. The zero-order valence-electron chi connectivity index (χ0n) is 15.6. The van der Waals surface area contributed by atoms with E-state index in [1.807, 2.05) is 12.1 Å². The molecule has 0 aliphatic carbocycles. The lowest BCUT2D eigenvalue weighted by atomic mass is 10.1. The van der Waals surface area contributed by atoms with Gasteiger partial charge >= 0.3 is 0 Å². The van der Waals surface area contributed by atoms with Gasteiger partial charge in [-0.2, -0.15) is 5.26 Å². The summed E-state index contributed by atoms with van der Waals surface area (Å²) in [5, 5.41) is 21.8. The summed E-state index contributed by atoms with van der Waals surface area (Å²) in [5.74, 6) is 1.71. The molecule has 0 saturated heterocycles. The SMILES string of the molecule is Br.CCN1C(c2ccc(Br)cc2)=CS/C1=C(\C#N)c1nnc2n1CCCCC2. The highest BCUT2D eigenvalue weighted by atomic mass is 79.9. The van der Waals surface area contributed by atoms with Crippen molar-refractivity contribution < 1.29 is 0 Å². The lowest BCUT2D eigenvalue weighted by molar-refractivity contribution is 0.556. The third kappa shape index (κ3) is 3.93. The molecule has 8 heteroatoms. The average molecular weight is 523 g/mol. The topological polar surface area (TPSA) is 57.7 Å². The molecule has 0 spiro atoms. The highest BCUT2D eigenvalue weighted by Gasteiger charge is 2.28. The van der Waals surface area contributed by atoms with Gasteiger partial charge in [0.15, 0.2) is 5.82 Å². The van der Waals surface area contributed by atoms with Crippen LogP contribution in [0.4, 0.5) is 0 Å². The second-order valence-electron chi connectivity index (χ2n) is 6.57. The molecule has 28 heavy (non-hydrogen) atoms. The van der Waals surface area contributed by atoms with Crippen LogP contribution in [0.3, 0.4) is 0 Å². The minimum absolute atomic E-state index is 0. The fourth-order valence-corrected chi connectivity index (χ4v) is 4.92. The van der Waals surface area contributed by atoms with Crippen molar-refractivity contribution in [3.8, 4) is 6.07 Å². The van der Waals surface area contributed by atoms with Crippen molar-refractivity contribution in [3.63, 3.8) is 0 Å². The first kappa shape index (κ1) is 21.2. The van der Waals surface area contributed by atoms with Gasteiger partial charge in [-0.1, -0.05) is 46.2 Å². The first-order chi connectivity index (χ1) is 13.2. The van der Waals surface area contributed by atoms with Crippen LogP contribution in [0.25, 0.3) is 11.3 Å². The second kappa shape index (κ2) is 9.29. The van der Waals surface area contributed by atoms with Gasteiger partial charge in [0, 0.05) is 29.4 Å². The van der Waals surface area contributed by atoms with Crippen molar-refractivity contribution in [2.24, 2.45) is 0 Å². The second-order valence-corrected chi connectivity index (χ2v) is 8.34. The van der Waals surface area contributed by atoms with Crippen LogP contribution in [0, 0.1) is 11.3 Å². The summed E-state index contributed by atoms with van der Waals surface area (Å²) in [5.41, 5.74) is 2.87. The molecule has 0 N–H and O–H groups in total. The zero-order chi connectivity index (χ0) is 18.8. The molecule has 146 valence electrons. The lowest BCUT2D eigenvalue weighted by Crippen LogP contribution is -2.18. The molecule has 0 amide bonds. The zero-order valence-corrected chi connectivity index (χ0v) is 19.7. The third-order valence-electron chi connectivity index (χ3n) is 4.93. The lowest BCUT2D eigenvalue weighted by Gasteiger charge is -2.23. The molecule has 2 aromatic rings. The van der Waals surface area contributed by atoms with Crippen LogP contribution in [-0.4, -0.2) is 26.2 Å². The van der Waals surface area contributed by atoms with Crippen LogP contribution in [-0.2, 0) is 13.0 Å². The Morgan fingerprint density at radius 2 is 2.00 bits per heavy atom. The number of aromatic nitrogens is 3. The number of fused-ring (bicyclic) bond motifs is 1. The summed E-state index contributed by atoms with van der Waals surface area (Å²) >= 11 is 5.09. The van der Waals surface area contributed by atoms with E-state index in [1.54, 1.807) is 11.8 Å². The molecule has 3 heterocycles. The molecule has 0 unspecified atom stereocenters. The van der Waals surface area contributed by atoms with E-state index in [1.165, 1.54) is 6.42 Å². The maximum atomic E-state index is 9.98. The Kier molecular flexibility index (Phi) is 7.02. The van der Waals surface area contributed by atoms with E-state index in [0.717, 1.165) is 58.9 Å². The van der Waals surface area contributed by atoms with Gasteiger partial charge < -0.3 is 9.47 Å². The average Bonchev–Trinajstić information content (AvgIpc) is 3.20. The number of benzene rings is 1. The van der Waals surface area contributed by atoms with Gasteiger partial charge in [0.2, 0.25) is 0 Å². The van der Waals surface area contributed by atoms with Crippen LogP contribution in [0.15, 0.2) is 39.2 Å². The number of aryl methyl sites for hydroxylation is 1. The summed E-state index contributed by atoms with van der Waals surface area (Å²) in [6.45, 7) is 3.79. The van der Waals surface area contributed by atoms with Crippen molar-refractivity contribution in [1.29, 1.82) is 5.26 Å². The molecule has 2 aliphatic heterocycles. The Morgan fingerprint density at radius 1 is 1.21 bits per heavy atom. The summed E-state index contributed by atoms with van der Waals surface area (Å²) in [6, 6.07) is 10.7. The minimum atomic E-state index is 0. The fourth-order valence-electron chi connectivity index (χ4n) is 3.56. The molecule has 0 radical (unpaired) electrons. The van der Waals surface area contributed by atoms with Crippen molar-refractivity contribution >= 4 is 55.9 Å².